The van der Waals surface area contributed by atoms with Crippen molar-refractivity contribution < 1.29 is 4.79 Å². The first kappa shape index (κ1) is 37.6. The number of rotatable bonds is 17. The Morgan fingerprint density at radius 2 is 1.63 bits per heavy atom. The molecule has 0 spiro atoms. The summed E-state index contributed by atoms with van der Waals surface area (Å²) in [5.41, 5.74) is 10.6. The predicted molar refractivity (Wildman–Crippen MR) is 196 cm³/mol. The molecule has 1 saturated heterocycles. The van der Waals surface area contributed by atoms with E-state index in [9.17, 15) is 4.79 Å². The van der Waals surface area contributed by atoms with E-state index in [4.69, 9.17) is 12.3 Å². The van der Waals surface area contributed by atoms with E-state index in [1.54, 1.807) is 0 Å². The molecule has 0 radical (unpaired) electrons. The number of amides is 2. The SMILES string of the molecule is C=C(CCC(NC(=O)NC(C(=C)N1C[C@H]2[C@@H](C1C(=C)NC(CC(C)C)C(=C)C(=C)N)C2(C)C)C1CCCCC1)C(C)(C)C)NCC. The minimum Gasteiger partial charge on any atom is -0.399 e. The van der Waals surface area contributed by atoms with Crippen molar-refractivity contribution in [1.82, 2.24) is 26.2 Å². The van der Waals surface area contributed by atoms with Crippen LogP contribution in [0.2, 0.25) is 0 Å². The lowest BCUT2D eigenvalue weighted by Gasteiger charge is -2.42. The molecular weight excluding hydrogens is 568 g/mol. The van der Waals surface area contributed by atoms with Gasteiger partial charge in [0.1, 0.15) is 0 Å². The second-order valence-electron chi connectivity index (χ2n) is 16.5. The fraction of sp³-hybridized carbons (Fsp3) is 0.718. The quantitative estimate of drug-likeness (QED) is 0.106. The second kappa shape index (κ2) is 15.4. The molecule has 7 heteroatoms. The van der Waals surface area contributed by atoms with Gasteiger partial charge >= 0.3 is 6.03 Å². The molecule has 6 atom stereocenters. The molecule has 2 saturated carbocycles. The first-order valence-electron chi connectivity index (χ1n) is 17.9. The van der Waals surface area contributed by atoms with Crippen LogP contribution < -0.4 is 27.0 Å². The molecule has 0 aromatic rings. The molecule has 3 rings (SSSR count). The summed E-state index contributed by atoms with van der Waals surface area (Å²) in [6, 6.07) is -0.200. The number of likely N-dealkylation sites (tertiary alicyclic amines) is 1. The molecule has 0 bridgehead atoms. The Balaban J connectivity index is 1.84. The highest BCUT2D eigenvalue weighted by molar-refractivity contribution is 5.75. The minimum absolute atomic E-state index is 0.00317. The molecule has 2 amide bonds. The maximum absolute atomic E-state index is 13.8. The van der Waals surface area contributed by atoms with E-state index < -0.39 is 0 Å². The minimum atomic E-state index is -0.140. The van der Waals surface area contributed by atoms with Crippen molar-refractivity contribution in [3.8, 4) is 0 Å². The van der Waals surface area contributed by atoms with Crippen molar-refractivity contribution in [2.24, 2.45) is 40.2 Å². The Morgan fingerprint density at radius 3 is 2.17 bits per heavy atom. The molecule has 4 unspecified atom stereocenters. The highest BCUT2D eigenvalue weighted by atomic mass is 16.2. The Morgan fingerprint density at radius 1 is 1.00 bits per heavy atom. The monoisotopic (exact) mass is 637 g/mol. The van der Waals surface area contributed by atoms with Gasteiger partial charge in [-0.3, -0.25) is 0 Å². The van der Waals surface area contributed by atoms with Crippen LogP contribution >= 0.6 is 0 Å². The smallest absolute Gasteiger partial charge is 0.315 e. The van der Waals surface area contributed by atoms with Gasteiger partial charge in [0.15, 0.2) is 0 Å². The molecule has 3 fully saturated rings. The van der Waals surface area contributed by atoms with Crippen LogP contribution in [0.4, 0.5) is 4.79 Å². The van der Waals surface area contributed by atoms with Gasteiger partial charge in [-0.1, -0.05) is 101 Å². The van der Waals surface area contributed by atoms with Crippen LogP contribution in [0.25, 0.3) is 0 Å². The molecule has 2 aliphatic carbocycles. The number of piperidine rings is 1. The summed E-state index contributed by atoms with van der Waals surface area (Å²) in [7, 11) is 0. The lowest BCUT2D eigenvalue weighted by molar-refractivity contribution is 0.183. The fourth-order valence-corrected chi connectivity index (χ4v) is 8.11. The van der Waals surface area contributed by atoms with Crippen molar-refractivity contribution in [2.45, 2.75) is 131 Å². The van der Waals surface area contributed by atoms with E-state index >= 15 is 0 Å². The van der Waals surface area contributed by atoms with E-state index in [1.807, 2.05) is 0 Å². The number of carbonyl (C=O) groups excluding carboxylic acids is 1. The summed E-state index contributed by atoms with van der Waals surface area (Å²) in [5.74, 6) is 1.83. The maximum atomic E-state index is 13.8. The van der Waals surface area contributed by atoms with Gasteiger partial charge in [-0.25, -0.2) is 4.79 Å². The van der Waals surface area contributed by atoms with E-state index in [-0.39, 0.29) is 41.0 Å². The third kappa shape index (κ3) is 9.16. The molecule has 3 aliphatic rings. The number of allylic oxidation sites excluding steroid dienone is 1. The standard InChI is InChI=1S/C39H68N6O/c1-14-41-25(4)20-21-33(38(9,10)11)43-37(46)44-35(30-18-16-15-17-19-30)29(8)45-23-31-34(39(31,12)13)36(45)28(7)42-32(22-24(2)3)26(5)27(6)40/h24,30-36,41-42H,4-8,14-23,40H2,1-3,9-13H3,(H2,43,44,46)/t31-,32?,33?,34-,35?,36?/m0/s1. The van der Waals surface area contributed by atoms with Crippen LogP contribution in [0, 0.1) is 34.5 Å². The molecule has 1 heterocycles. The summed E-state index contributed by atoms with van der Waals surface area (Å²) in [4.78, 5) is 16.3. The average Bonchev–Trinajstić information content (AvgIpc) is 3.28. The van der Waals surface area contributed by atoms with Crippen molar-refractivity contribution in [2.75, 3.05) is 13.1 Å². The molecule has 0 aromatic heterocycles. The van der Waals surface area contributed by atoms with Crippen molar-refractivity contribution in [3.05, 3.63) is 61.3 Å². The molecular formula is C39H68N6O. The first-order valence-corrected chi connectivity index (χ1v) is 17.9. The summed E-state index contributed by atoms with van der Waals surface area (Å²) in [5, 5.41) is 13.9. The molecule has 260 valence electrons. The molecule has 6 N–H and O–H groups in total. The Kier molecular flexibility index (Phi) is 12.6. The highest BCUT2D eigenvalue weighted by Crippen LogP contribution is 2.66. The fourth-order valence-electron chi connectivity index (χ4n) is 8.11. The van der Waals surface area contributed by atoms with E-state index in [0.717, 1.165) is 67.9 Å². The summed E-state index contributed by atoms with van der Waals surface area (Å²) < 4.78 is 0. The van der Waals surface area contributed by atoms with Gasteiger partial charge in [-0.15, -0.1) is 0 Å². The highest BCUT2D eigenvalue weighted by Gasteiger charge is 2.67. The third-order valence-corrected chi connectivity index (χ3v) is 11.1. The lowest BCUT2D eigenvalue weighted by Crippen LogP contribution is -2.55. The van der Waals surface area contributed by atoms with Crippen LogP contribution in [0.1, 0.15) is 107 Å². The number of carbonyl (C=O) groups is 1. The number of nitrogens with zero attached hydrogens (tertiary/aromatic N) is 1. The third-order valence-electron chi connectivity index (χ3n) is 11.1. The van der Waals surface area contributed by atoms with Crippen LogP contribution in [0.15, 0.2) is 61.3 Å². The zero-order valence-electron chi connectivity index (χ0n) is 30.7. The zero-order chi connectivity index (χ0) is 34.6. The van der Waals surface area contributed by atoms with Gasteiger partial charge in [0.05, 0.1) is 18.1 Å². The number of nitrogens with one attached hydrogen (secondary N) is 4. The van der Waals surface area contributed by atoms with Crippen LogP contribution in [0.5, 0.6) is 0 Å². The van der Waals surface area contributed by atoms with E-state index in [2.05, 4.69) is 108 Å². The molecule has 0 aromatic carbocycles. The van der Waals surface area contributed by atoms with Crippen molar-refractivity contribution >= 4 is 6.03 Å². The number of fused-ring (bicyclic) bond motifs is 1. The van der Waals surface area contributed by atoms with Gasteiger partial charge in [0, 0.05) is 41.9 Å². The van der Waals surface area contributed by atoms with Crippen LogP contribution in [-0.4, -0.2) is 48.2 Å². The maximum Gasteiger partial charge on any atom is 0.315 e. The summed E-state index contributed by atoms with van der Waals surface area (Å²) >= 11 is 0. The molecule has 1 aliphatic heterocycles. The average molecular weight is 637 g/mol. The van der Waals surface area contributed by atoms with Gasteiger partial charge < -0.3 is 31.9 Å². The van der Waals surface area contributed by atoms with Crippen molar-refractivity contribution in [3.63, 3.8) is 0 Å². The number of nitrogens with two attached hydrogens (primary N) is 1. The zero-order valence-corrected chi connectivity index (χ0v) is 30.7. The van der Waals surface area contributed by atoms with Crippen LogP contribution in [0.3, 0.4) is 0 Å². The first-order chi connectivity index (χ1) is 21.4. The normalized spacial score (nSPS) is 24.3. The largest absolute Gasteiger partial charge is 0.399 e. The van der Waals surface area contributed by atoms with Gasteiger partial charge in [-0.2, -0.15) is 0 Å². The summed E-state index contributed by atoms with van der Waals surface area (Å²) in [6.45, 7) is 41.4. The second-order valence-corrected chi connectivity index (χ2v) is 16.5. The Labute approximate surface area is 282 Å². The molecule has 46 heavy (non-hydrogen) atoms. The van der Waals surface area contributed by atoms with Crippen LogP contribution in [-0.2, 0) is 0 Å². The summed E-state index contributed by atoms with van der Waals surface area (Å²) in [6.07, 6.45) is 8.36. The van der Waals surface area contributed by atoms with Crippen molar-refractivity contribution in [1.29, 1.82) is 0 Å². The number of hydrogen-bond donors (Lipinski definition) is 5. The predicted octanol–water partition coefficient (Wildman–Crippen LogP) is 7.57. The van der Waals surface area contributed by atoms with Gasteiger partial charge in [-0.05, 0) is 79.1 Å². The Bertz CT molecular complexity index is 1140. The van der Waals surface area contributed by atoms with E-state index in [0.29, 0.717) is 29.4 Å². The van der Waals surface area contributed by atoms with Gasteiger partial charge in [0.2, 0.25) is 0 Å². The number of hydrogen-bond acceptors (Lipinski definition) is 5. The Hall–Kier alpha value is -2.83. The number of urea groups is 1. The topological polar surface area (TPSA) is 94.5 Å². The molecule has 7 nitrogen and oxygen atoms in total. The lowest BCUT2D eigenvalue weighted by atomic mass is 9.82. The van der Waals surface area contributed by atoms with Gasteiger partial charge in [0.25, 0.3) is 0 Å². The van der Waals surface area contributed by atoms with E-state index in [1.165, 1.54) is 19.3 Å².